The normalized spacial score (nSPS) is 10.6. The zero-order valence-corrected chi connectivity index (χ0v) is 19.7. The van der Waals surface area contributed by atoms with E-state index in [1.165, 1.54) is 20.3 Å². The lowest BCUT2D eigenvalue weighted by molar-refractivity contribution is 0.0594. The lowest BCUT2D eigenvalue weighted by atomic mass is 10.1. The van der Waals surface area contributed by atoms with Gasteiger partial charge in [0.1, 0.15) is 11.4 Å². The molecule has 9 heteroatoms. The maximum Gasteiger partial charge on any atom is 0.356 e. The van der Waals surface area contributed by atoms with E-state index in [0.717, 1.165) is 11.3 Å². The van der Waals surface area contributed by atoms with Crippen molar-refractivity contribution in [1.29, 1.82) is 5.26 Å². The minimum absolute atomic E-state index is 0.0170. The molecule has 0 unspecified atom stereocenters. The standard InChI is InChI=1S/C26H23N5O4/c1-15-24(16(2)31(30-15)14-18-7-5-17(13-27)6-8-18)29-25(32)21-12-23(26(33)35-4)28-22-11-19(34-3)9-10-20(21)22/h5-12H,14H2,1-4H3,(H,29,32). The summed E-state index contributed by atoms with van der Waals surface area (Å²) in [6, 6.07) is 15.9. The van der Waals surface area contributed by atoms with Gasteiger partial charge in [-0.2, -0.15) is 10.4 Å². The number of fused-ring (bicyclic) bond motifs is 1. The van der Waals surface area contributed by atoms with Crippen molar-refractivity contribution in [3.63, 3.8) is 0 Å². The first kappa shape index (κ1) is 23.4. The van der Waals surface area contributed by atoms with Crippen LogP contribution in [0, 0.1) is 25.2 Å². The van der Waals surface area contributed by atoms with Crippen LogP contribution in [0.25, 0.3) is 10.9 Å². The molecule has 176 valence electrons. The highest BCUT2D eigenvalue weighted by molar-refractivity contribution is 6.14. The number of amides is 1. The molecule has 2 aromatic carbocycles. The third-order valence-corrected chi connectivity index (χ3v) is 5.69. The maximum atomic E-state index is 13.4. The average molecular weight is 470 g/mol. The number of nitrogens with one attached hydrogen (secondary N) is 1. The molecule has 0 bridgehead atoms. The molecule has 4 rings (SSSR count). The third kappa shape index (κ3) is 4.68. The van der Waals surface area contributed by atoms with E-state index in [-0.39, 0.29) is 11.3 Å². The van der Waals surface area contributed by atoms with Gasteiger partial charge in [0.25, 0.3) is 5.91 Å². The van der Waals surface area contributed by atoms with E-state index < -0.39 is 11.9 Å². The number of pyridine rings is 1. The van der Waals surface area contributed by atoms with Gasteiger partial charge in [-0.25, -0.2) is 9.78 Å². The van der Waals surface area contributed by atoms with Gasteiger partial charge in [0, 0.05) is 11.5 Å². The number of anilines is 1. The summed E-state index contributed by atoms with van der Waals surface area (Å²) in [7, 11) is 2.79. The van der Waals surface area contributed by atoms with Crippen LogP contribution in [0.3, 0.4) is 0 Å². The average Bonchev–Trinajstić information content (AvgIpc) is 3.14. The van der Waals surface area contributed by atoms with Gasteiger partial charge in [-0.1, -0.05) is 12.1 Å². The summed E-state index contributed by atoms with van der Waals surface area (Å²) in [6.45, 7) is 4.17. The van der Waals surface area contributed by atoms with Crippen LogP contribution in [0.2, 0.25) is 0 Å². The quantitative estimate of drug-likeness (QED) is 0.424. The van der Waals surface area contributed by atoms with Crippen LogP contribution in [0.5, 0.6) is 5.75 Å². The van der Waals surface area contributed by atoms with Crippen LogP contribution in [0.15, 0.2) is 48.5 Å². The van der Waals surface area contributed by atoms with Crippen molar-refractivity contribution in [2.45, 2.75) is 20.4 Å². The number of hydrogen-bond acceptors (Lipinski definition) is 7. The molecular weight excluding hydrogens is 446 g/mol. The van der Waals surface area contributed by atoms with Gasteiger partial charge in [-0.15, -0.1) is 0 Å². The second-order valence-corrected chi connectivity index (χ2v) is 7.90. The second-order valence-electron chi connectivity index (χ2n) is 7.90. The number of methoxy groups -OCH3 is 2. The number of rotatable bonds is 6. The fourth-order valence-corrected chi connectivity index (χ4v) is 3.80. The fraction of sp³-hybridized carbons (Fsp3) is 0.192. The predicted octanol–water partition coefficient (Wildman–Crippen LogP) is 4.02. The number of aromatic nitrogens is 3. The molecule has 0 radical (unpaired) electrons. The Labute approximate surface area is 201 Å². The van der Waals surface area contributed by atoms with Crippen LogP contribution in [0.4, 0.5) is 5.69 Å². The largest absolute Gasteiger partial charge is 0.497 e. The summed E-state index contributed by atoms with van der Waals surface area (Å²) in [5.41, 5.74) is 4.29. The smallest absolute Gasteiger partial charge is 0.356 e. The van der Waals surface area contributed by atoms with Gasteiger partial charge in [-0.3, -0.25) is 9.48 Å². The van der Waals surface area contributed by atoms with Crippen LogP contribution in [-0.4, -0.2) is 40.9 Å². The molecule has 0 spiro atoms. The topological polar surface area (TPSA) is 119 Å². The first-order valence-corrected chi connectivity index (χ1v) is 10.8. The Balaban J connectivity index is 1.68. The van der Waals surface area contributed by atoms with Crippen molar-refractivity contribution in [1.82, 2.24) is 14.8 Å². The van der Waals surface area contributed by atoms with Crippen LogP contribution in [0.1, 0.15) is 43.4 Å². The molecule has 2 heterocycles. The molecule has 0 aliphatic carbocycles. The van der Waals surface area contributed by atoms with E-state index in [1.807, 2.05) is 26.0 Å². The van der Waals surface area contributed by atoms with Crippen molar-refractivity contribution in [2.75, 3.05) is 19.5 Å². The lowest BCUT2D eigenvalue weighted by Crippen LogP contribution is -2.16. The monoisotopic (exact) mass is 469 g/mol. The summed E-state index contributed by atoms with van der Waals surface area (Å²) < 4.78 is 11.9. The molecule has 1 N–H and O–H groups in total. The van der Waals surface area contributed by atoms with Gasteiger partial charge in [0.2, 0.25) is 0 Å². The molecule has 2 aromatic heterocycles. The zero-order chi connectivity index (χ0) is 25.1. The molecule has 0 atom stereocenters. The number of esters is 1. The van der Waals surface area contributed by atoms with Gasteiger partial charge in [0.15, 0.2) is 0 Å². The van der Waals surface area contributed by atoms with E-state index in [0.29, 0.717) is 40.1 Å². The number of aryl methyl sites for hydroxylation is 1. The van der Waals surface area contributed by atoms with Crippen molar-refractivity contribution in [3.8, 4) is 11.8 Å². The van der Waals surface area contributed by atoms with E-state index >= 15 is 0 Å². The Bertz CT molecular complexity index is 1480. The highest BCUT2D eigenvalue weighted by Gasteiger charge is 2.20. The molecule has 4 aromatic rings. The van der Waals surface area contributed by atoms with E-state index in [1.54, 1.807) is 35.0 Å². The van der Waals surface area contributed by atoms with Crippen molar-refractivity contribution in [3.05, 3.63) is 82.3 Å². The number of carbonyl (C=O) groups excluding carboxylic acids is 2. The molecule has 1 amide bonds. The summed E-state index contributed by atoms with van der Waals surface area (Å²) >= 11 is 0. The van der Waals surface area contributed by atoms with E-state index in [2.05, 4.69) is 21.5 Å². The number of nitrogens with zero attached hydrogens (tertiary/aromatic N) is 4. The Hall–Kier alpha value is -4.71. The maximum absolute atomic E-state index is 13.4. The molecule has 0 fully saturated rings. The van der Waals surface area contributed by atoms with E-state index in [4.69, 9.17) is 14.7 Å². The van der Waals surface area contributed by atoms with Crippen LogP contribution in [-0.2, 0) is 11.3 Å². The minimum atomic E-state index is -0.647. The lowest BCUT2D eigenvalue weighted by Gasteiger charge is -2.11. The van der Waals surface area contributed by atoms with Gasteiger partial charge >= 0.3 is 5.97 Å². The van der Waals surface area contributed by atoms with Crippen LogP contribution < -0.4 is 10.1 Å². The first-order chi connectivity index (χ1) is 16.8. The molecule has 0 saturated carbocycles. The number of hydrogen-bond donors (Lipinski definition) is 1. The van der Waals surface area contributed by atoms with Gasteiger partial charge in [0.05, 0.1) is 60.6 Å². The number of nitriles is 1. The summed E-state index contributed by atoms with van der Waals surface area (Å²) in [4.78, 5) is 29.9. The highest BCUT2D eigenvalue weighted by atomic mass is 16.5. The number of carbonyl (C=O) groups is 2. The fourth-order valence-electron chi connectivity index (χ4n) is 3.80. The van der Waals surface area contributed by atoms with Gasteiger partial charge < -0.3 is 14.8 Å². The minimum Gasteiger partial charge on any atom is -0.497 e. The Morgan fingerprint density at radius 2 is 1.83 bits per heavy atom. The summed E-state index contributed by atoms with van der Waals surface area (Å²) in [5.74, 6) is -0.502. The molecule has 0 saturated heterocycles. The third-order valence-electron chi connectivity index (χ3n) is 5.69. The van der Waals surface area contributed by atoms with Crippen LogP contribution >= 0.6 is 0 Å². The zero-order valence-electron chi connectivity index (χ0n) is 19.7. The van der Waals surface area contributed by atoms with Crippen molar-refractivity contribution in [2.24, 2.45) is 0 Å². The SMILES string of the molecule is COC(=O)c1cc(C(=O)Nc2c(C)nn(Cc3ccc(C#N)cc3)c2C)c2ccc(OC)cc2n1. The molecule has 9 nitrogen and oxygen atoms in total. The second kappa shape index (κ2) is 9.65. The van der Waals surface area contributed by atoms with E-state index in [9.17, 15) is 9.59 Å². The Kier molecular flexibility index (Phi) is 6.46. The number of ether oxygens (including phenoxy) is 2. The highest BCUT2D eigenvalue weighted by Crippen LogP contribution is 2.26. The van der Waals surface area contributed by atoms with Gasteiger partial charge in [-0.05, 0) is 49.7 Å². The van der Waals surface area contributed by atoms with Crippen molar-refractivity contribution < 1.29 is 19.1 Å². The molecule has 0 aliphatic heterocycles. The molecule has 0 aliphatic rings. The predicted molar refractivity (Wildman–Crippen MR) is 130 cm³/mol. The Morgan fingerprint density at radius 1 is 1.09 bits per heavy atom. The summed E-state index contributed by atoms with van der Waals surface area (Å²) in [5, 5.41) is 17.1. The molecule has 35 heavy (non-hydrogen) atoms. The van der Waals surface area contributed by atoms with Crippen molar-refractivity contribution >= 4 is 28.5 Å². The first-order valence-electron chi connectivity index (χ1n) is 10.8. The Morgan fingerprint density at radius 3 is 2.49 bits per heavy atom. The number of benzene rings is 2. The molecular formula is C26H23N5O4. The summed E-state index contributed by atoms with van der Waals surface area (Å²) in [6.07, 6.45) is 0.